The number of benzene rings is 1. The number of aromatic nitrogens is 1. The summed E-state index contributed by atoms with van der Waals surface area (Å²) in [5.74, 6) is 0.326. The highest BCUT2D eigenvalue weighted by atomic mass is 16.1. The molecule has 21 heavy (non-hydrogen) atoms. The molecule has 1 aliphatic carbocycles. The Labute approximate surface area is 126 Å². The zero-order chi connectivity index (χ0) is 14.5. The zero-order valence-electron chi connectivity index (χ0n) is 12.3. The Bertz CT molecular complexity index is 585. The number of rotatable bonds is 4. The molecule has 1 aromatic heterocycles. The van der Waals surface area contributed by atoms with Gasteiger partial charge in [0.15, 0.2) is 0 Å². The molecule has 1 saturated carbocycles. The zero-order valence-corrected chi connectivity index (χ0v) is 12.3. The third-order valence-corrected chi connectivity index (χ3v) is 4.64. The van der Waals surface area contributed by atoms with Crippen LogP contribution in [0.25, 0.3) is 0 Å². The van der Waals surface area contributed by atoms with Crippen LogP contribution < -0.4 is 0 Å². The molecule has 108 valence electrons. The molecule has 0 unspecified atom stereocenters. The van der Waals surface area contributed by atoms with Gasteiger partial charge in [-0.25, -0.2) is 0 Å². The lowest BCUT2D eigenvalue weighted by Gasteiger charge is -2.36. The second-order valence-electron chi connectivity index (χ2n) is 5.93. The summed E-state index contributed by atoms with van der Waals surface area (Å²) in [4.78, 5) is 17.4. The van der Waals surface area contributed by atoms with Crippen molar-refractivity contribution in [1.29, 1.82) is 0 Å². The van der Waals surface area contributed by atoms with Gasteiger partial charge in [0.05, 0.1) is 5.41 Å². The standard InChI is InChI=1S/C19H21NO/c21-18(15-17-11-5-8-14-20-17)19(12-6-2-7-13-19)16-9-3-1-4-10-16/h1,3-5,8-11,14H,2,6-7,12-13,15H2. The van der Waals surface area contributed by atoms with E-state index >= 15 is 0 Å². The van der Waals surface area contributed by atoms with Gasteiger partial charge in [-0.05, 0) is 30.5 Å². The molecule has 3 rings (SSSR count). The average Bonchev–Trinajstić information content (AvgIpc) is 2.57. The lowest BCUT2D eigenvalue weighted by molar-refractivity contribution is -0.125. The largest absolute Gasteiger partial charge is 0.298 e. The van der Waals surface area contributed by atoms with Gasteiger partial charge >= 0.3 is 0 Å². The smallest absolute Gasteiger partial charge is 0.149 e. The minimum absolute atomic E-state index is 0.295. The molecule has 1 fully saturated rings. The molecule has 1 aliphatic rings. The van der Waals surface area contributed by atoms with E-state index in [1.807, 2.05) is 36.4 Å². The number of ketones is 1. The van der Waals surface area contributed by atoms with E-state index in [4.69, 9.17) is 0 Å². The summed E-state index contributed by atoms with van der Waals surface area (Å²) >= 11 is 0. The van der Waals surface area contributed by atoms with Crippen LogP contribution in [0.3, 0.4) is 0 Å². The lowest BCUT2D eigenvalue weighted by atomic mass is 9.66. The molecule has 0 bridgehead atoms. The van der Waals surface area contributed by atoms with Crippen molar-refractivity contribution in [3.63, 3.8) is 0 Å². The summed E-state index contributed by atoms with van der Waals surface area (Å²) in [6, 6.07) is 16.1. The highest BCUT2D eigenvalue weighted by Gasteiger charge is 2.40. The summed E-state index contributed by atoms with van der Waals surface area (Å²) in [5.41, 5.74) is 1.77. The van der Waals surface area contributed by atoms with Gasteiger partial charge in [-0.15, -0.1) is 0 Å². The van der Waals surface area contributed by atoms with Gasteiger partial charge in [-0.3, -0.25) is 9.78 Å². The van der Waals surface area contributed by atoms with Crippen molar-refractivity contribution in [3.8, 4) is 0 Å². The Balaban J connectivity index is 1.90. The Hall–Kier alpha value is -1.96. The highest BCUT2D eigenvalue weighted by Crippen LogP contribution is 2.40. The van der Waals surface area contributed by atoms with Gasteiger partial charge in [0.1, 0.15) is 5.78 Å². The van der Waals surface area contributed by atoms with E-state index in [0.717, 1.165) is 31.4 Å². The molecule has 2 aromatic rings. The van der Waals surface area contributed by atoms with Crippen LogP contribution in [0.4, 0.5) is 0 Å². The summed E-state index contributed by atoms with van der Waals surface area (Å²) in [5, 5.41) is 0. The molecular formula is C19H21NO. The summed E-state index contributed by atoms with van der Waals surface area (Å²) < 4.78 is 0. The first kappa shape index (κ1) is 14.0. The normalized spacial score (nSPS) is 17.3. The highest BCUT2D eigenvalue weighted by molar-refractivity contribution is 5.91. The third-order valence-electron chi connectivity index (χ3n) is 4.64. The Morgan fingerprint density at radius 1 is 0.952 bits per heavy atom. The number of Topliss-reactive ketones (excluding diaryl/α,β-unsaturated/α-hetero) is 1. The quantitative estimate of drug-likeness (QED) is 0.843. The predicted molar refractivity (Wildman–Crippen MR) is 84.2 cm³/mol. The average molecular weight is 279 g/mol. The lowest BCUT2D eigenvalue weighted by Crippen LogP contribution is -2.39. The molecule has 2 heteroatoms. The Morgan fingerprint density at radius 2 is 1.67 bits per heavy atom. The topological polar surface area (TPSA) is 30.0 Å². The molecule has 0 radical (unpaired) electrons. The molecule has 0 N–H and O–H groups in total. The van der Waals surface area contributed by atoms with Crippen molar-refractivity contribution in [3.05, 3.63) is 66.0 Å². The maximum absolute atomic E-state index is 13.0. The van der Waals surface area contributed by atoms with Crippen LogP contribution >= 0.6 is 0 Å². The number of hydrogen-bond donors (Lipinski definition) is 0. The molecule has 0 saturated heterocycles. The minimum atomic E-state index is -0.295. The monoisotopic (exact) mass is 279 g/mol. The third kappa shape index (κ3) is 2.90. The van der Waals surface area contributed by atoms with Gasteiger partial charge in [0, 0.05) is 18.3 Å². The van der Waals surface area contributed by atoms with Crippen LogP contribution in [-0.2, 0) is 16.6 Å². The second kappa shape index (κ2) is 6.21. The fraction of sp³-hybridized carbons (Fsp3) is 0.368. The van der Waals surface area contributed by atoms with E-state index in [2.05, 4.69) is 17.1 Å². The van der Waals surface area contributed by atoms with Crippen molar-refractivity contribution in [2.45, 2.75) is 43.9 Å². The molecular weight excluding hydrogens is 258 g/mol. The number of nitrogens with zero attached hydrogens (tertiary/aromatic N) is 1. The van der Waals surface area contributed by atoms with Crippen LogP contribution in [0.15, 0.2) is 54.7 Å². The predicted octanol–water partition coefficient (Wildman–Crippen LogP) is 4.10. The molecule has 1 aromatic carbocycles. The van der Waals surface area contributed by atoms with E-state index in [9.17, 15) is 4.79 Å². The van der Waals surface area contributed by atoms with Gasteiger partial charge in [0.25, 0.3) is 0 Å². The number of hydrogen-bond acceptors (Lipinski definition) is 2. The molecule has 0 spiro atoms. The van der Waals surface area contributed by atoms with Gasteiger partial charge in [0.2, 0.25) is 0 Å². The van der Waals surface area contributed by atoms with Gasteiger partial charge in [-0.1, -0.05) is 55.7 Å². The molecule has 0 atom stereocenters. The Morgan fingerprint density at radius 3 is 2.33 bits per heavy atom. The van der Waals surface area contributed by atoms with Crippen molar-refractivity contribution in [1.82, 2.24) is 4.98 Å². The maximum Gasteiger partial charge on any atom is 0.149 e. The Kier molecular flexibility index (Phi) is 4.14. The van der Waals surface area contributed by atoms with Crippen LogP contribution in [0.5, 0.6) is 0 Å². The first-order valence-electron chi connectivity index (χ1n) is 7.80. The van der Waals surface area contributed by atoms with Crippen molar-refractivity contribution < 1.29 is 4.79 Å². The second-order valence-corrected chi connectivity index (χ2v) is 5.93. The summed E-state index contributed by atoms with van der Waals surface area (Å²) in [6.07, 6.45) is 7.68. The van der Waals surface area contributed by atoms with E-state index in [1.54, 1.807) is 6.20 Å². The minimum Gasteiger partial charge on any atom is -0.298 e. The van der Waals surface area contributed by atoms with E-state index in [-0.39, 0.29) is 5.41 Å². The van der Waals surface area contributed by atoms with Crippen LogP contribution in [0.2, 0.25) is 0 Å². The fourth-order valence-electron chi connectivity index (χ4n) is 3.48. The number of carbonyl (C=O) groups is 1. The SMILES string of the molecule is O=C(Cc1ccccn1)C1(c2ccccc2)CCCCC1. The summed E-state index contributed by atoms with van der Waals surface area (Å²) in [6.45, 7) is 0. The number of carbonyl (C=O) groups excluding carboxylic acids is 1. The van der Waals surface area contributed by atoms with Crippen molar-refractivity contribution >= 4 is 5.78 Å². The van der Waals surface area contributed by atoms with E-state index < -0.39 is 0 Å². The molecule has 0 amide bonds. The number of pyridine rings is 1. The van der Waals surface area contributed by atoms with Gasteiger partial charge in [-0.2, -0.15) is 0 Å². The fourth-order valence-corrected chi connectivity index (χ4v) is 3.48. The van der Waals surface area contributed by atoms with Crippen LogP contribution in [0, 0.1) is 0 Å². The molecule has 2 nitrogen and oxygen atoms in total. The van der Waals surface area contributed by atoms with E-state index in [0.29, 0.717) is 12.2 Å². The molecule has 0 aliphatic heterocycles. The van der Waals surface area contributed by atoms with Gasteiger partial charge < -0.3 is 0 Å². The molecule has 1 heterocycles. The van der Waals surface area contributed by atoms with E-state index in [1.165, 1.54) is 12.0 Å². The first-order chi connectivity index (χ1) is 10.3. The van der Waals surface area contributed by atoms with Crippen molar-refractivity contribution in [2.24, 2.45) is 0 Å². The summed E-state index contributed by atoms with van der Waals surface area (Å²) in [7, 11) is 0. The van der Waals surface area contributed by atoms with Crippen molar-refractivity contribution in [2.75, 3.05) is 0 Å². The first-order valence-corrected chi connectivity index (χ1v) is 7.80. The van der Waals surface area contributed by atoms with Crippen LogP contribution in [-0.4, -0.2) is 10.8 Å². The maximum atomic E-state index is 13.0. The van der Waals surface area contributed by atoms with Crippen LogP contribution in [0.1, 0.15) is 43.4 Å².